The molecule has 6 heteroatoms. The van der Waals surface area contributed by atoms with Gasteiger partial charge in [0.15, 0.2) is 0 Å². The van der Waals surface area contributed by atoms with E-state index in [1.54, 1.807) is 6.07 Å². The van der Waals surface area contributed by atoms with Crippen LogP contribution in [0.4, 0.5) is 0 Å². The monoisotopic (exact) mass is 323 g/mol. The lowest BCUT2D eigenvalue weighted by atomic mass is 9.93. The molecule has 0 radical (unpaired) electrons. The third-order valence-electron chi connectivity index (χ3n) is 4.14. The van der Waals surface area contributed by atoms with Crippen LogP contribution in [0, 0.1) is 5.92 Å². The smallest absolute Gasteiger partial charge is 0.261 e. The number of nitrogens with one attached hydrogen (secondary N) is 2. The fourth-order valence-corrected chi connectivity index (χ4v) is 3.40. The van der Waals surface area contributed by atoms with Gasteiger partial charge in [-0.25, -0.2) is 0 Å². The van der Waals surface area contributed by atoms with E-state index in [2.05, 4.69) is 10.6 Å². The van der Waals surface area contributed by atoms with Gasteiger partial charge in [0.25, 0.3) is 5.91 Å². The summed E-state index contributed by atoms with van der Waals surface area (Å²) in [7, 11) is 1.98. The van der Waals surface area contributed by atoms with Crippen LogP contribution in [0.15, 0.2) is 17.5 Å². The van der Waals surface area contributed by atoms with E-state index in [0.29, 0.717) is 17.8 Å². The number of piperidine rings is 1. The maximum absolute atomic E-state index is 12.2. The molecule has 0 unspecified atom stereocenters. The summed E-state index contributed by atoms with van der Waals surface area (Å²) in [5, 5.41) is 7.86. The number of carbonyl (C=O) groups excluding carboxylic acids is 2. The zero-order chi connectivity index (χ0) is 15.8. The molecule has 2 heterocycles. The Balaban J connectivity index is 1.63. The van der Waals surface area contributed by atoms with Crippen molar-refractivity contribution in [3.8, 4) is 0 Å². The lowest BCUT2D eigenvalue weighted by Crippen LogP contribution is -2.40. The van der Waals surface area contributed by atoms with Gasteiger partial charge in [-0.2, -0.15) is 0 Å². The fourth-order valence-electron chi connectivity index (χ4n) is 2.76. The molecule has 5 nitrogen and oxygen atoms in total. The second kappa shape index (κ2) is 8.90. The van der Waals surface area contributed by atoms with Crippen molar-refractivity contribution >= 4 is 23.2 Å². The van der Waals surface area contributed by atoms with Gasteiger partial charge in [-0.05, 0) is 50.2 Å². The first-order valence-electron chi connectivity index (χ1n) is 7.94. The van der Waals surface area contributed by atoms with E-state index in [1.807, 2.05) is 23.4 Å². The summed E-state index contributed by atoms with van der Waals surface area (Å²) in [5.41, 5.74) is 0. The minimum absolute atomic E-state index is 0.0893. The zero-order valence-electron chi connectivity index (χ0n) is 13.1. The summed E-state index contributed by atoms with van der Waals surface area (Å²) in [6.45, 7) is 3.17. The van der Waals surface area contributed by atoms with Crippen molar-refractivity contribution in [2.75, 3.05) is 33.2 Å². The summed E-state index contributed by atoms with van der Waals surface area (Å²) in [6.07, 6.45) is 3.76. The lowest BCUT2D eigenvalue weighted by Gasteiger charge is -2.32. The quantitative estimate of drug-likeness (QED) is 0.803. The Morgan fingerprint density at radius 2 is 2.09 bits per heavy atom. The van der Waals surface area contributed by atoms with Crippen LogP contribution in [0.25, 0.3) is 0 Å². The summed E-state index contributed by atoms with van der Waals surface area (Å²) in [4.78, 5) is 26.6. The Bertz CT molecular complexity index is 468. The summed E-state index contributed by atoms with van der Waals surface area (Å²) < 4.78 is 0. The van der Waals surface area contributed by atoms with Crippen molar-refractivity contribution < 1.29 is 9.59 Å². The number of thiophene rings is 1. The van der Waals surface area contributed by atoms with Gasteiger partial charge in [0.1, 0.15) is 0 Å². The van der Waals surface area contributed by atoms with E-state index >= 15 is 0 Å². The van der Waals surface area contributed by atoms with Crippen LogP contribution in [-0.2, 0) is 4.79 Å². The highest BCUT2D eigenvalue weighted by Crippen LogP contribution is 2.20. The molecule has 0 spiro atoms. The van der Waals surface area contributed by atoms with Gasteiger partial charge in [-0.3, -0.25) is 9.59 Å². The highest BCUT2D eigenvalue weighted by molar-refractivity contribution is 7.12. The van der Waals surface area contributed by atoms with Crippen LogP contribution in [-0.4, -0.2) is 49.9 Å². The number of likely N-dealkylation sites (tertiary alicyclic amines) is 1. The van der Waals surface area contributed by atoms with Crippen LogP contribution in [0.1, 0.15) is 35.4 Å². The molecule has 2 N–H and O–H groups in total. The van der Waals surface area contributed by atoms with Crippen molar-refractivity contribution in [1.82, 2.24) is 15.5 Å². The van der Waals surface area contributed by atoms with Gasteiger partial charge in [-0.1, -0.05) is 6.07 Å². The number of hydrogen-bond acceptors (Lipinski definition) is 4. The number of carbonyl (C=O) groups is 2. The standard InChI is InChI=1S/C16H25N3O2S/c1-17-8-4-13-6-10-19(11-7-13)15(20)5-9-18-16(21)14-3-2-12-22-14/h2-3,12-13,17H,4-11H2,1H3,(H,18,21). The Hall–Kier alpha value is -1.40. The second-order valence-electron chi connectivity index (χ2n) is 5.70. The van der Waals surface area contributed by atoms with E-state index in [1.165, 1.54) is 17.8 Å². The Morgan fingerprint density at radius 1 is 1.32 bits per heavy atom. The molecule has 2 amide bonds. The highest BCUT2D eigenvalue weighted by Gasteiger charge is 2.22. The SMILES string of the molecule is CNCCC1CCN(C(=O)CCNC(=O)c2cccs2)CC1. The summed E-state index contributed by atoms with van der Waals surface area (Å²) in [6, 6.07) is 3.64. The maximum atomic E-state index is 12.2. The van der Waals surface area contributed by atoms with Gasteiger partial charge < -0.3 is 15.5 Å². The first-order chi connectivity index (χ1) is 10.7. The van der Waals surface area contributed by atoms with Crippen LogP contribution < -0.4 is 10.6 Å². The third kappa shape index (κ3) is 5.10. The molecule has 2 rings (SSSR count). The molecular formula is C16H25N3O2S. The molecule has 1 saturated heterocycles. The molecule has 1 aromatic heterocycles. The predicted octanol–water partition coefficient (Wildman–Crippen LogP) is 1.72. The molecule has 1 fully saturated rings. The first-order valence-corrected chi connectivity index (χ1v) is 8.82. The summed E-state index contributed by atoms with van der Waals surface area (Å²) in [5.74, 6) is 0.794. The molecule has 0 aromatic carbocycles. The Kier molecular flexibility index (Phi) is 6.86. The van der Waals surface area contributed by atoms with Gasteiger partial charge in [0.05, 0.1) is 4.88 Å². The largest absolute Gasteiger partial charge is 0.351 e. The van der Waals surface area contributed by atoms with Gasteiger partial charge >= 0.3 is 0 Å². The Morgan fingerprint density at radius 3 is 2.73 bits per heavy atom. The predicted molar refractivity (Wildman–Crippen MR) is 89.1 cm³/mol. The first kappa shape index (κ1) is 17.0. The molecule has 22 heavy (non-hydrogen) atoms. The van der Waals surface area contributed by atoms with Gasteiger partial charge in [0.2, 0.25) is 5.91 Å². The molecule has 0 aliphatic carbocycles. The van der Waals surface area contributed by atoms with Crippen molar-refractivity contribution in [3.63, 3.8) is 0 Å². The maximum Gasteiger partial charge on any atom is 0.261 e. The lowest BCUT2D eigenvalue weighted by molar-refractivity contribution is -0.132. The van der Waals surface area contributed by atoms with Crippen LogP contribution in [0.5, 0.6) is 0 Å². The van der Waals surface area contributed by atoms with Gasteiger partial charge in [-0.15, -0.1) is 11.3 Å². The number of nitrogens with zero attached hydrogens (tertiary/aromatic N) is 1. The molecule has 0 atom stereocenters. The molecular weight excluding hydrogens is 298 g/mol. The topological polar surface area (TPSA) is 61.4 Å². The normalized spacial score (nSPS) is 15.8. The van der Waals surface area contributed by atoms with Crippen LogP contribution in [0.3, 0.4) is 0 Å². The van der Waals surface area contributed by atoms with Crippen molar-refractivity contribution in [2.45, 2.75) is 25.7 Å². The van der Waals surface area contributed by atoms with E-state index in [9.17, 15) is 9.59 Å². The minimum Gasteiger partial charge on any atom is -0.351 e. The summed E-state index contributed by atoms with van der Waals surface area (Å²) >= 11 is 1.41. The molecule has 1 aromatic rings. The highest BCUT2D eigenvalue weighted by atomic mass is 32.1. The molecule has 1 aliphatic rings. The minimum atomic E-state index is -0.0893. The van der Waals surface area contributed by atoms with Gasteiger partial charge in [0, 0.05) is 26.1 Å². The van der Waals surface area contributed by atoms with Crippen molar-refractivity contribution in [2.24, 2.45) is 5.92 Å². The molecule has 0 bridgehead atoms. The average molecular weight is 323 g/mol. The Labute approximate surface area is 136 Å². The van der Waals surface area contributed by atoms with Crippen LogP contribution in [0.2, 0.25) is 0 Å². The van der Waals surface area contributed by atoms with E-state index in [-0.39, 0.29) is 11.8 Å². The van der Waals surface area contributed by atoms with Crippen LogP contribution >= 0.6 is 11.3 Å². The van der Waals surface area contributed by atoms with Crippen molar-refractivity contribution in [1.29, 1.82) is 0 Å². The van der Waals surface area contributed by atoms with E-state index in [4.69, 9.17) is 0 Å². The number of hydrogen-bond donors (Lipinski definition) is 2. The fraction of sp³-hybridized carbons (Fsp3) is 0.625. The zero-order valence-corrected chi connectivity index (χ0v) is 14.0. The number of amides is 2. The molecule has 122 valence electrons. The van der Waals surface area contributed by atoms with Crippen molar-refractivity contribution in [3.05, 3.63) is 22.4 Å². The van der Waals surface area contributed by atoms with E-state index < -0.39 is 0 Å². The van der Waals surface area contributed by atoms with E-state index in [0.717, 1.165) is 38.4 Å². The molecule has 1 aliphatic heterocycles. The average Bonchev–Trinajstić information content (AvgIpc) is 3.07. The molecule has 0 saturated carbocycles. The second-order valence-corrected chi connectivity index (χ2v) is 6.65. The third-order valence-corrected chi connectivity index (χ3v) is 5.01. The number of rotatable bonds is 7.